The van der Waals surface area contributed by atoms with Crippen LogP contribution in [0.2, 0.25) is 0 Å². The molecule has 0 saturated carbocycles. The minimum atomic E-state index is 0. The van der Waals surface area contributed by atoms with Crippen LogP contribution < -0.4 is 0 Å². The predicted molar refractivity (Wildman–Crippen MR) is 87.5 cm³/mol. The van der Waals surface area contributed by atoms with Gasteiger partial charge in [0.25, 0.3) is 0 Å². The molecule has 0 spiro atoms. The molecule has 0 rings (SSSR count). The van der Waals surface area contributed by atoms with Gasteiger partial charge in [-0.1, -0.05) is 61.6 Å². The third-order valence-corrected chi connectivity index (χ3v) is 2.14. The molecule has 0 N–H and O–H groups in total. The molecular weight excluding hydrogens is 216 g/mol. The van der Waals surface area contributed by atoms with E-state index in [1.807, 2.05) is 13.0 Å². The first-order valence-electron chi connectivity index (χ1n) is 5.71. The first kappa shape index (κ1) is 21.5. The van der Waals surface area contributed by atoms with Crippen molar-refractivity contribution in [2.24, 2.45) is 0 Å². The van der Waals surface area contributed by atoms with Crippen LogP contribution in [-0.2, 0) is 0 Å². The summed E-state index contributed by atoms with van der Waals surface area (Å²) in [6.07, 6.45) is 21.7. The number of terminal acetylenes is 1. The van der Waals surface area contributed by atoms with E-state index in [-0.39, 0.29) is 7.43 Å². The topological polar surface area (TPSA) is 0 Å². The van der Waals surface area contributed by atoms with Crippen LogP contribution in [0.25, 0.3) is 0 Å². The Kier molecular flexibility index (Phi) is 18.3. The summed E-state index contributed by atoms with van der Waals surface area (Å²) < 4.78 is 0. The Morgan fingerprint density at radius 3 is 1.94 bits per heavy atom. The largest absolute Gasteiger partial charge is 0.124 e. The highest BCUT2D eigenvalue weighted by Crippen LogP contribution is 2.07. The molecule has 0 bridgehead atoms. The van der Waals surface area contributed by atoms with Crippen LogP contribution in [0.3, 0.4) is 0 Å². The zero-order valence-electron chi connectivity index (χ0n) is 11.5. The van der Waals surface area contributed by atoms with Gasteiger partial charge in [0.15, 0.2) is 0 Å². The van der Waals surface area contributed by atoms with E-state index in [2.05, 4.69) is 70.6 Å². The molecule has 0 aromatic rings. The van der Waals surface area contributed by atoms with Crippen LogP contribution in [0.5, 0.6) is 0 Å². The zero-order valence-corrected chi connectivity index (χ0v) is 11.5. The normalized spacial score (nSPS) is 11.9. The van der Waals surface area contributed by atoms with E-state index >= 15 is 0 Å². The average molecular weight is 244 g/mol. The second-order valence-corrected chi connectivity index (χ2v) is 3.68. The fourth-order valence-electron chi connectivity index (χ4n) is 1.01. The molecule has 100 valence electrons. The number of allylic oxidation sites excluding steroid dienone is 9. The predicted octanol–water partition coefficient (Wildman–Crippen LogP) is 5.86. The van der Waals surface area contributed by atoms with Crippen molar-refractivity contribution in [2.45, 2.75) is 41.5 Å². The summed E-state index contributed by atoms with van der Waals surface area (Å²) >= 11 is 0. The zero-order chi connectivity index (χ0) is 13.7. The number of hydrogen-bond acceptors (Lipinski definition) is 0. The molecule has 0 heterocycles. The lowest BCUT2D eigenvalue weighted by molar-refractivity contribution is 1.26. The summed E-state index contributed by atoms with van der Waals surface area (Å²) in [6, 6.07) is 0. The highest BCUT2D eigenvalue weighted by atomic mass is 13.9. The Labute approximate surface area is 115 Å². The third kappa shape index (κ3) is 14.3. The number of hydrogen-bond donors (Lipinski definition) is 0. The van der Waals surface area contributed by atoms with Crippen molar-refractivity contribution in [3.8, 4) is 12.8 Å². The Morgan fingerprint density at radius 1 is 1.00 bits per heavy atom. The molecule has 0 heteroatoms. The van der Waals surface area contributed by atoms with E-state index in [9.17, 15) is 0 Å². The molecule has 0 fully saturated rings. The van der Waals surface area contributed by atoms with Gasteiger partial charge >= 0.3 is 0 Å². The molecule has 0 amide bonds. The molecule has 0 atom stereocenters. The molecule has 0 radical (unpaired) electrons. The van der Waals surface area contributed by atoms with Crippen molar-refractivity contribution in [2.75, 3.05) is 0 Å². The summed E-state index contributed by atoms with van der Waals surface area (Å²) in [4.78, 5) is 0. The first-order chi connectivity index (χ1) is 8.10. The molecule has 0 unspecified atom stereocenters. The second-order valence-electron chi connectivity index (χ2n) is 3.68. The van der Waals surface area contributed by atoms with Crippen LogP contribution in [0, 0.1) is 12.8 Å². The minimum absolute atomic E-state index is 0. The van der Waals surface area contributed by atoms with Gasteiger partial charge in [0.05, 0.1) is 0 Å². The van der Waals surface area contributed by atoms with Crippen LogP contribution in [-0.4, -0.2) is 0 Å². The third-order valence-electron chi connectivity index (χ3n) is 2.14. The lowest BCUT2D eigenvalue weighted by atomic mass is 10.1. The summed E-state index contributed by atoms with van der Waals surface area (Å²) in [5.41, 5.74) is 3.70. The standard InChI is InChI=1S/C15H22.C2H2.CH4/c1-6-14(5)9-8-10-15(7-2)12-11-13(3)4;1-2;/h6-9,11-12H,3,10H2,1-2,4-5H3;1-2H;1H4/b9-8-,12-11-,14-6-,15-7-;;. The van der Waals surface area contributed by atoms with Gasteiger partial charge in [-0.15, -0.1) is 12.8 Å². The van der Waals surface area contributed by atoms with Gasteiger partial charge < -0.3 is 0 Å². The Bertz CT molecular complexity index is 343. The van der Waals surface area contributed by atoms with Crippen LogP contribution in [0.1, 0.15) is 41.5 Å². The van der Waals surface area contributed by atoms with E-state index in [0.717, 1.165) is 12.0 Å². The Morgan fingerprint density at radius 2 is 1.56 bits per heavy atom. The van der Waals surface area contributed by atoms with Crippen molar-refractivity contribution in [3.05, 3.63) is 59.8 Å². The molecule has 0 saturated heterocycles. The minimum Gasteiger partial charge on any atom is -0.124 e. The first-order valence-corrected chi connectivity index (χ1v) is 5.71. The molecular formula is C18H28. The van der Waals surface area contributed by atoms with E-state index < -0.39 is 0 Å². The van der Waals surface area contributed by atoms with E-state index in [4.69, 9.17) is 0 Å². The molecule has 0 aliphatic rings. The summed E-state index contributed by atoms with van der Waals surface area (Å²) in [5, 5.41) is 0. The molecule has 0 aliphatic carbocycles. The SMILES string of the molecule is C.C#C.C=C(C)/C=C\C(=C/C)C/C=C\C(C)=C/C. The molecule has 18 heavy (non-hydrogen) atoms. The van der Waals surface area contributed by atoms with Gasteiger partial charge in [0, 0.05) is 0 Å². The molecule has 0 aromatic heterocycles. The van der Waals surface area contributed by atoms with Crippen molar-refractivity contribution in [1.82, 2.24) is 0 Å². The maximum absolute atomic E-state index is 4.00. The van der Waals surface area contributed by atoms with Gasteiger partial charge in [-0.05, 0) is 39.7 Å². The van der Waals surface area contributed by atoms with Crippen LogP contribution >= 0.6 is 0 Å². The molecule has 0 aliphatic heterocycles. The Hall–Kier alpha value is -1.74. The maximum atomic E-state index is 4.00. The molecule has 0 aromatic carbocycles. The summed E-state index contributed by atoms with van der Waals surface area (Å²) in [6.45, 7) is 12.1. The van der Waals surface area contributed by atoms with Gasteiger partial charge in [-0.3, -0.25) is 0 Å². The van der Waals surface area contributed by atoms with E-state index in [1.54, 1.807) is 0 Å². The second kappa shape index (κ2) is 15.3. The Balaban J connectivity index is -0.000000709. The quantitative estimate of drug-likeness (QED) is 0.419. The summed E-state index contributed by atoms with van der Waals surface area (Å²) in [5.74, 6) is 0. The lowest BCUT2D eigenvalue weighted by Gasteiger charge is -1.96. The highest BCUT2D eigenvalue weighted by Gasteiger charge is 1.87. The monoisotopic (exact) mass is 244 g/mol. The van der Waals surface area contributed by atoms with Crippen molar-refractivity contribution in [1.29, 1.82) is 0 Å². The van der Waals surface area contributed by atoms with Crippen molar-refractivity contribution < 1.29 is 0 Å². The van der Waals surface area contributed by atoms with Crippen LogP contribution in [0.4, 0.5) is 0 Å². The van der Waals surface area contributed by atoms with E-state index in [0.29, 0.717) is 0 Å². The van der Waals surface area contributed by atoms with Crippen molar-refractivity contribution >= 4 is 0 Å². The van der Waals surface area contributed by atoms with Gasteiger partial charge in [-0.2, -0.15) is 0 Å². The lowest BCUT2D eigenvalue weighted by Crippen LogP contribution is -1.76. The van der Waals surface area contributed by atoms with Gasteiger partial charge in [0.1, 0.15) is 0 Å². The summed E-state index contributed by atoms with van der Waals surface area (Å²) in [7, 11) is 0. The average Bonchev–Trinajstić information content (AvgIpc) is 2.35. The van der Waals surface area contributed by atoms with E-state index in [1.165, 1.54) is 11.1 Å². The number of rotatable bonds is 5. The smallest absolute Gasteiger partial charge is 0.00975 e. The fourth-order valence-corrected chi connectivity index (χ4v) is 1.01. The van der Waals surface area contributed by atoms with Gasteiger partial charge in [0.2, 0.25) is 0 Å². The van der Waals surface area contributed by atoms with Gasteiger partial charge in [-0.25, -0.2) is 0 Å². The fraction of sp³-hybridized carbons (Fsp3) is 0.333. The highest BCUT2D eigenvalue weighted by molar-refractivity contribution is 5.27. The van der Waals surface area contributed by atoms with Crippen molar-refractivity contribution in [3.63, 3.8) is 0 Å². The maximum Gasteiger partial charge on any atom is -0.00975 e. The van der Waals surface area contributed by atoms with Crippen LogP contribution in [0.15, 0.2) is 59.8 Å². The molecule has 0 nitrogen and oxygen atoms in total.